The molecule has 1 aliphatic carbocycles. The van der Waals surface area contributed by atoms with Crippen molar-refractivity contribution in [2.75, 3.05) is 16.8 Å². The van der Waals surface area contributed by atoms with E-state index in [9.17, 15) is 18.8 Å². The molecule has 1 N–H and O–H groups in total. The molecule has 1 saturated heterocycles. The number of nitrogens with one attached hydrogen (secondary N) is 1. The van der Waals surface area contributed by atoms with Crippen molar-refractivity contribution in [2.24, 2.45) is 5.41 Å². The van der Waals surface area contributed by atoms with Gasteiger partial charge in [-0.2, -0.15) is 10.4 Å². The Balaban J connectivity index is 1.48. The number of anilines is 2. The zero-order chi connectivity index (χ0) is 20.9. The lowest BCUT2D eigenvalue weighted by Crippen LogP contribution is -2.25. The Morgan fingerprint density at radius 1 is 1.30 bits per heavy atom. The van der Waals surface area contributed by atoms with Crippen molar-refractivity contribution in [1.29, 1.82) is 5.26 Å². The minimum atomic E-state index is -0.958. The third kappa shape index (κ3) is 2.96. The molecule has 3 aromatic rings. The Morgan fingerprint density at radius 3 is 2.90 bits per heavy atom. The van der Waals surface area contributed by atoms with Gasteiger partial charge in [0.1, 0.15) is 28.6 Å². The number of benzene rings is 1. The summed E-state index contributed by atoms with van der Waals surface area (Å²) in [5.74, 6) is -0.689. The van der Waals surface area contributed by atoms with Gasteiger partial charge in [0.05, 0.1) is 18.3 Å². The van der Waals surface area contributed by atoms with E-state index in [1.165, 1.54) is 16.8 Å². The highest BCUT2D eigenvalue weighted by Gasteiger charge is 2.50. The van der Waals surface area contributed by atoms with Crippen molar-refractivity contribution in [2.45, 2.75) is 31.7 Å². The van der Waals surface area contributed by atoms with Gasteiger partial charge in [-0.1, -0.05) is 0 Å². The molecule has 30 heavy (non-hydrogen) atoms. The van der Waals surface area contributed by atoms with E-state index in [0.29, 0.717) is 48.5 Å². The molecule has 1 amide bonds. The fourth-order valence-electron chi connectivity index (χ4n) is 4.00. The summed E-state index contributed by atoms with van der Waals surface area (Å²) in [7, 11) is 0. The van der Waals surface area contributed by atoms with Crippen LogP contribution in [-0.4, -0.2) is 27.0 Å². The van der Waals surface area contributed by atoms with Gasteiger partial charge in [-0.05, 0) is 49.9 Å². The summed E-state index contributed by atoms with van der Waals surface area (Å²) in [6, 6.07) is 6.99. The second-order valence-electron chi connectivity index (χ2n) is 7.78. The molecule has 2 fully saturated rings. The Bertz CT molecular complexity index is 1200. The van der Waals surface area contributed by atoms with E-state index in [0.717, 1.165) is 18.6 Å². The van der Waals surface area contributed by atoms with Crippen LogP contribution in [0.15, 0.2) is 36.7 Å². The average Bonchev–Trinajstić information content (AvgIpc) is 3.24. The van der Waals surface area contributed by atoms with E-state index in [1.54, 1.807) is 12.3 Å². The number of carbonyl (C=O) groups is 1. The van der Waals surface area contributed by atoms with Gasteiger partial charge in [-0.3, -0.25) is 4.79 Å². The molecule has 7 nitrogen and oxygen atoms in total. The average molecular weight is 408 g/mol. The molecule has 0 spiro atoms. The molecule has 1 unspecified atom stereocenters. The number of halogens is 2. The normalized spacial score (nSPS) is 19.6. The molecule has 0 bridgehead atoms. The first-order valence-electron chi connectivity index (χ1n) is 9.79. The van der Waals surface area contributed by atoms with Gasteiger partial charge in [0.2, 0.25) is 5.91 Å². The largest absolute Gasteiger partial charge is 0.349 e. The van der Waals surface area contributed by atoms with Gasteiger partial charge in [-0.25, -0.2) is 18.3 Å². The monoisotopic (exact) mass is 408 g/mol. The molecule has 2 aromatic heterocycles. The Labute approximate surface area is 170 Å². The molecule has 1 atom stereocenters. The van der Waals surface area contributed by atoms with Crippen molar-refractivity contribution < 1.29 is 13.6 Å². The predicted molar refractivity (Wildman–Crippen MR) is 105 cm³/mol. The van der Waals surface area contributed by atoms with Crippen molar-refractivity contribution in [3.63, 3.8) is 0 Å². The lowest BCUT2D eigenvalue weighted by Gasteiger charge is -2.26. The molecule has 1 saturated carbocycles. The van der Waals surface area contributed by atoms with Crippen molar-refractivity contribution in [1.82, 2.24) is 14.6 Å². The summed E-state index contributed by atoms with van der Waals surface area (Å²) in [6.45, 7) is 0.650. The van der Waals surface area contributed by atoms with Crippen LogP contribution >= 0.6 is 0 Å². The molecule has 9 heteroatoms. The molecule has 3 heterocycles. The van der Waals surface area contributed by atoms with Crippen LogP contribution in [0, 0.1) is 28.4 Å². The molecule has 152 valence electrons. The van der Waals surface area contributed by atoms with Crippen molar-refractivity contribution >= 4 is 23.1 Å². The van der Waals surface area contributed by atoms with Crippen LogP contribution < -0.4 is 10.2 Å². The van der Waals surface area contributed by atoms with Gasteiger partial charge in [-0.15, -0.1) is 0 Å². The number of rotatable bonds is 4. The number of fused-ring (bicyclic) bond motifs is 1. The summed E-state index contributed by atoms with van der Waals surface area (Å²) in [4.78, 5) is 19.0. The maximum absolute atomic E-state index is 14.4. The summed E-state index contributed by atoms with van der Waals surface area (Å²) >= 11 is 0. The fraction of sp³-hybridized carbons (Fsp3) is 0.333. The lowest BCUT2D eigenvalue weighted by molar-refractivity contribution is -0.119. The first kappa shape index (κ1) is 18.5. The fourth-order valence-corrected chi connectivity index (χ4v) is 4.00. The highest BCUT2D eigenvalue weighted by atomic mass is 19.1. The number of hydrogen-bond acceptors (Lipinski definition) is 5. The minimum Gasteiger partial charge on any atom is -0.349 e. The molecular formula is C21H18F2N6O. The maximum atomic E-state index is 14.4. The third-order valence-electron chi connectivity index (χ3n) is 5.87. The Hall–Kier alpha value is -3.54. The van der Waals surface area contributed by atoms with Crippen LogP contribution in [0.3, 0.4) is 0 Å². The smallest absolute Gasteiger partial charge is 0.244 e. The summed E-state index contributed by atoms with van der Waals surface area (Å²) in [6.07, 6.45) is 5.79. The molecule has 1 aliphatic heterocycles. The number of hydrogen-bond donors (Lipinski definition) is 1. The van der Waals surface area contributed by atoms with E-state index < -0.39 is 17.0 Å². The van der Waals surface area contributed by atoms with Gasteiger partial charge in [0.15, 0.2) is 5.65 Å². The summed E-state index contributed by atoms with van der Waals surface area (Å²) in [5.41, 5.74) is 0.192. The van der Waals surface area contributed by atoms with Crippen LogP contribution in [0.2, 0.25) is 0 Å². The third-order valence-corrected chi connectivity index (χ3v) is 5.87. The molecule has 0 radical (unpaired) electrons. The zero-order valence-electron chi connectivity index (χ0n) is 16.0. The number of amides is 1. The van der Waals surface area contributed by atoms with Gasteiger partial charge < -0.3 is 10.2 Å². The SMILES string of the molecule is N#CC1(C(=O)Nc2cnn3ccc(N4CCCC4c4cc(F)ccc4F)nc23)CC1. The van der Waals surface area contributed by atoms with E-state index >= 15 is 0 Å². The van der Waals surface area contributed by atoms with E-state index in [2.05, 4.69) is 21.5 Å². The molecule has 1 aromatic carbocycles. The predicted octanol–water partition coefficient (Wildman–Crippen LogP) is 3.59. The van der Waals surface area contributed by atoms with E-state index in [-0.39, 0.29) is 11.9 Å². The standard InChI is InChI=1S/C21H18F2N6O/c22-13-3-4-15(23)14(10-13)17-2-1-8-28(17)18-5-9-29-19(27-18)16(11-25-29)26-20(30)21(12-24)6-7-21/h3-5,9-11,17H,1-2,6-8H2,(H,26,30). The molecule has 2 aliphatic rings. The highest BCUT2D eigenvalue weighted by molar-refractivity contribution is 6.01. The van der Waals surface area contributed by atoms with Gasteiger partial charge in [0, 0.05) is 18.3 Å². The molecule has 5 rings (SSSR count). The van der Waals surface area contributed by atoms with Crippen molar-refractivity contribution in [3.05, 3.63) is 53.9 Å². The topological polar surface area (TPSA) is 86.3 Å². The first-order chi connectivity index (χ1) is 14.5. The van der Waals surface area contributed by atoms with Crippen LogP contribution in [0.4, 0.5) is 20.3 Å². The zero-order valence-corrected chi connectivity index (χ0v) is 16.0. The minimum absolute atomic E-state index is 0.306. The maximum Gasteiger partial charge on any atom is 0.244 e. The van der Waals surface area contributed by atoms with Gasteiger partial charge in [0.25, 0.3) is 0 Å². The second kappa shape index (κ2) is 6.76. The molecular weight excluding hydrogens is 390 g/mol. The summed E-state index contributed by atoms with van der Waals surface area (Å²) in [5, 5.41) is 16.2. The number of aromatic nitrogens is 3. The Kier molecular flexibility index (Phi) is 4.17. The Morgan fingerprint density at radius 2 is 2.13 bits per heavy atom. The van der Waals surface area contributed by atoms with E-state index in [1.807, 2.05) is 4.90 Å². The number of carbonyl (C=O) groups excluding carboxylic acids is 1. The quantitative estimate of drug-likeness (QED) is 0.713. The number of nitrogens with zero attached hydrogens (tertiary/aromatic N) is 5. The second-order valence-corrected chi connectivity index (χ2v) is 7.78. The number of nitriles is 1. The van der Waals surface area contributed by atoms with Crippen molar-refractivity contribution in [3.8, 4) is 6.07 Å². The van der Waals surface area contributed by atoms with Crippen LogP contribution in [0.25, 0.3) is 5.65 Å². The van der Waals surface area contributed by atoms with Gasteiger partial charge >= 0.3 is 0 Å². The van der Waals surface area contributed by atoms with Crippen LogP contribution in [0.5, 0.6) is 0 Å². The lowest BCUT2D eigenvalue weighted by atomic mass is 10.0. The van der Waals surface area contributed by atoms with Crippen LogP contribution in [0.1, 0.15) is 37.3 Å². The van der Waals surface area contributed by atoms with E-state index in [4.69, 9.17) is 0 Å². The summed E-state index contributed by atoms with van der Waals surface area (Å²) < 4.78 is 29.6. The highest BCUT2D eigenvalue weighted by Crippen LogP contribution is 2.46. The first-order valence-corrected chi connectivity index (χ1v) is 9.79. The van der Waals surface area contributed by atoms with Crippen LogP contribution in [-0.2, 0) is 4.79 Å².